The summed E-state index contributed by atoms with van der Waals surface area (Å²) in [5.74, 6) is 0.516. The van der Waals surface area contributed by atoms with Crippen molar-refractivity contribution in [2.45, 2.75) is 25.0 Å². The molecule has 1 fully saturated rings. The van der Waals surface area contributed by atoms with Crippen molar-refractivity contribution in [3.63, 3.8) is 0 Å². The smallest absolute Gasteiger partial charge is 0.270 e. The van der Waals surface area contributed by atoms with Crippen LogP contribution in [0.4, 0.5) is 5.82 Å². The number of nitrogens with zero attached hydrogens (tertiary/aromatic N) is 1. The van der Waals surface area contributed by atoms with Crippen LogP contribution in [0.25, 0.3) is 0 Å². The first-order valence-corrected chi connectivity index (χ1v) is 8.45. The Labute approximate surface area is 118 Å². The van der Waals surface area contributed by atoms with Gasteiger partial charge in [0.15, 0.2) is 9.84 Å². The normalized spacial score (nSPS) is 20.6. The summed E-state index contributed by atoms with van der Waals surface area (Å²) in [6.07, 6.45) is 1.30. The number of carbonyl (C=O) groups excluding carboxylic acids is 1. The second kappa shape index (κ2) is 6.21. The van der Waals surface area contributed by atoms with Crippen LogP contribution in [0.1, 0.15) is 30.3 Å². The quantitative estimate of drug-likeness (QED) is 0.840. The summed E-state index contributed by atoms with van der Waals surface area (Å²) in [5, 5.41) is 5.23. The lowest BCUT2D eigenvalue weighted by Gasteiger charge is -2.11. The number of aromatic nitrogens is 1. The Hall–Kier alpha value is -1.63. The van der Waals surface area contributed by atoms with Crippen LogP contribution in [-0.2, 0) is 9.84 Å². The average molecular weight is 297 g/mol. The zero-order valence-corrected chi connectivity index (χ0v) is 12.2. The number of pyridine rings is 1. The molecule has 1 atom stereocenters. The van der Waals surface area contributed by atoms with E-state index in [-0.39, 0.29) is 18.2 Å². The van der Waals surface area contributed by atoms with Gasteiger partial charge in [-0.1, -0.05) is 6.07 Å². The van der Waals surface area contributed by atoms with E-state index >= 15 is 0 Å². The van der Waals surface area contributed by atoms with E-state index in [1.54, 1.807) is 18.2 Å². The van der Waals surface area contributed by atoms with Gasteiger partial charge in [0, 0.05) is 13.1 Å². The SMILES string of the molecule is CCNc1cccc(C(=O)NCC2CCCS2(=O)=O)n1. The highest BCUT2D eigenvalue weighted by Gasteiger charge is 2.31. The maximum atomic E-state index is 12.0. The molecule has 1 aliphatic rings. The highest BCUT2D eigenvalue weighted by atomic mass is 32.2. The molecule has 20 heavy (non-hydrogen) atoms. The molecule has 6 nitrogen and oxygen atoms in total. The Morgan fingerprint density at radius 3 is 2.90 bits per heavy atom. The fourth-order valence-corrected chi connectivity index (χ4v) is 3.99. The van der Waals surface area contributed by atoms with Crippen molar-refractivity contribution in [1.82, 2.24) is 10.3 Å². The molecule has 0 aromatic carbocycles. The molecular formula is C13H19N3O3S. The molecule has 1 aromatic heterocycles. The molecule has 1 aromatic rings. The maximum Gasteiger partial charge on any atom is 0.270 e. The van der Waals surface area contributed by atoms with Gasteiger partial charge in [0.1, 0.15) is 11.5 Å². The molecule has 0 saturated carbocycles. The highest BCUT2D eigenvalue weighted by Crippen LogP contribution is 2.19. The molecule has 0 radical (unpaired) electrons. The first-order chi connectivity index (χ1) is 9.53. The number of anilines is 1. The fourth-order valence-electron chi connectivity index (χ4n) is 2.23. The third-order valence-corrected chi connectivity index (χ3v) is 5.57. The summed E-state index contributed by atoms with van der Waals surface area (Å²) in [4.78, 5) is 16.1. The van der Waals surface area contributed by atoms with Crippen LogP contribution in [0.2, 0.25) is 0 Å². The van der Waals surface area contributed by atoms with Crippen LogP contribution < -0.4 is 10.6 Å². The minimum absolute atomic E-state index is 0.161. The number of hydrogen-bond acceptors (Lipinski definition) is 5. The summed E-state index contributed by atoms with van der Waals surface area (Å²) in [6.45, 7) is 2.83. The molecule has 1 aliphatic heterocycles. The van der Waals surface area contributed by atoms with Gasteiger partial charge in [-0.05, 0) is 31.9 Å². The van der Waals surface area contributed by atoms with E-state index in [4.69, 9.17) is 0 Å². The van der Waals surface area contributed by atoms with Gasteiger partial charge in [0.05, 0.1) is 11.0 Å². The van der Waals surface area contributed by atoms with E-state index in [1.165, 1.54) is 0 Å². The van der Waals surface area contributed by atoms with Crippen LogP contribution in [0, 0.1) is 0 Å². The summed E-state index contributed by atoms with van der Waals surface area (Å²) in [5.41, 5.74) is 0.291. The zero-order valence-electron chi connectivity index (χ0n) is 11.4. The summed E-state index contributed by atoms with van der Waals surface area (Å²) >= 11 is 0. The van der Waals surface area contributed by atoms with Gasteiger partial charge >= 0.3 is 0 Å². The number of hydrogen-bond donors (Lipinski definition) is 2. The molecule has 2 N–H and O–H groups in total. The van der Waals surface area contributed by atoms with Crippen molar-refractivity contribution in [3.05, 3.63) is 23.9 Å². The molecule has 110 valence electrons. The van der Waals surface area contributed by atoms with Gasteiger partial charge in [-0.3, -0.25) is 4.79 Å². The van der Waals surface area contributed by atoms with E-state index in [9.17, 15) is 13.2 Å². The summed E-state index contributed by atoms with van der Waals surface area (Å²) in [7, 11) is -3.03. The minimum atomic E-state index is -3.03. The van der Waals surface area contributed by atoms with Gasteiger partial charge in [0.25, 0.3) is 5.91 Å². The number of nitrogens with one attached hydrogen (secondary N) is 2. The lowest BCUT2D eigenvalue weighted by molar-refractivity contribution is 0.0948. The zero-order chi connectivity index (χ0) is 14.6. The largest absolute Gasteiger partial charge is 0.370 e. The van der Waals surface area contributed by atoms with Crippen LogP contribution in [0.3, 0.4) is 0 Å². The van der Waals surface area contributed by atoms with E-state index in [0.717, 1.165) is 6.54 Å². The number of carbonyl (C=O) groups is 1. The Bertz CT molecular complexity index is 586. The molecule has 2 heterocycles. The molecular weight excluding hydrogens is 278 g/mol. The molecule has 0 spiro atoms. The third-order valence-electron chi connectivity index (χ3n) is 3.29. The maximum absolute atomic E-state index is 12.0. The van der Waals surface area contributed by atoms with Gasteiger partial charge < -0.3 is 10.6 Å². The predicted octanol–water partition coefficient (Wildman–Crippen LogP) is 0.820. The van der Waals surface area contributed by atoms with Gasteiger partial charge in [-0.2, -0.15) is 0 Å². The van der Waals surface area contributed by atoms with Gasteiger partial charge in [0.2, 0.25) is 0 Å². The molecule has 1 saturated heterocycles. The molecule has 0 bridgehead atoms. The third kappa shape index (κ3) is 3.47. The lowest BCUT2D eigenvalue weighted by Crippen LogP contribution is -2.35. The van der Waals surface area contributed by atoms with Crippen LogP contribution in [0.5, 0.6) is 0 Å². The van der Waals surface area contributed by atoms with E-state index < -0.39 is 15.1 Å². The standard InChI is InChI=1S/C13H19N3O3S/c1-2-14-12-7-3-6-11(16-12)13(17)15-9-10-5-4-8-20(10,18)19/h3,6-7,10H,2,4-5,8-9H2,1H3,(H,14,16)(H,15,17). The number of rotatable bonds is 5. The van der Waals surface area contributed by atoms with Gasteiger partial charge in [-0.25, -0.2) is 13.4 Å². The molecule has 1 unspecified atom stereocenters. The van der Waals surface area contributed by atoms with Gasteiger partial charge in [-0.15, -0.1) is 0 Å². The Morgan fingerprint density at radius 1 is 1.45 bits per heavy atom. The number of amides is 1. The van der Waals surface area contributed by atoms with Crippen molar-refractivity contribution in [3.8, 4) is 0 Å². The second-order valence-electron chi connectivity index (χ2n) is 4.78. The molecule has 7 heteroatoms. The highest BCUT2D eigenvalue weighted by molar-refractivity contribution is 7.92. The molecule has 0 aliphatic carbocycles. The second-order valence-corrected chi connectivity index (χ2v) is 7.18. The first-order valence-electron chi connectivity index (χ1n) is 6.73. The Kier molecular flexibility index (Phi) is 4.59. The van der Waals surface area contributed by atoms with E-state index in [2.05, 4.69) is 15.6 Å². The summed E-state index contributed by atoms with van der Waals surface area (Å²) < 4.78 is 23.3. The number of sulfone groups is 1. The van der Waals surface area contributed by atoms with Crippen LogP contribution in [0.15, 0.2) is 18.2 Å². The van der Waals surface area contributed by atoms with Crippen molar-refractivity contribution < 1.29 is 13.2 Å². The predicted molar refractivity (Wildman–Crippen MR) is 77.5 cm³/mol. The topological polar surface area (TPSA) is 88.2 Å². The van der Waals surface area contributed by atoms with Crippen molar-refractivity contribution >= 4 is 21.6 Å². The van der Waals surface area contributed by atoms with E-state index in [1.807, 2.05) is 6.92 Å². The average Bonchev–Trinajstić information content (AvgIpc) is 2.76. The van der Waals surface area contributed by atoms with Crippen molar-refractivity contribution in [2.75, 3.05) is 24.2 Å². The molecule has 2 rings (SSSR count). The molecule has 1 amide bonds. The fraction of sp³-hybridized carbons (Fsp3) is 0.538. The minimum Gasteiger partial charge on any atom is -0.370 e. The van der Waals surface area contributed by atoms with Crippen LogP contribution in [-0.4, -0.2) is 43.4 Å². The van der Waals surface area contributed by atoms with E-state index in [0.29, 0.717) is 24.4 Å². The Balaban J connectivity index is 1.96. The van der Waals surface area contributed by atoms with Crippen molar-refractivity contribution in [2.24, 2.45) is 0 Å². The van der Waals surface area contributed by atoms with Crippen LogP contribution >= 0.6 is 0 Å². The monoisotopic (exact) mass is 297 g/mol. The Morgan fingerprint density at radius 2 is 2.25 bits per heavy atom. The summed E-state index contributed by atoms with van der Waals surface area (Å²) in [6, 6.07) is 5.13. The van der Waals surface area contributed by atoms with Crippen molar-refractivity contribution in [1.29, 1.82) is 0 Å². The first kappa shape index (κ1) is 14.8. The lowest BCUT2D eigenvalue weighted by atomic mass is 10.2.